The molecule has 4 heteroatoms. The minimum Gasteiger partial charge on any atom is -0.371 e. The fourth-order valence-electron chi connectivity index (χ4n) is 2.62. The van der Waals surface area contributed by atoms with Crippen LogP contribution in [0, 0.1) is 0 Å². The van der Waals surface area contributed by atoms with Crippen molar-refractivity contribution >= 4 is 11.3 Å². The van der Waals surface area contributed by atoms with Gasteiger partial charge in [0.2, 0.25) is 0 Å². The first-order valence-corrected chi connectivity index (χ1v) is 6.98. The summed E-state index contributed by atoms with van der Waals surface area (Å²) in [6.07, 6.45) is 6.27. The molecule has 1 saturated heterocycles. The van der Waals surface area contributed by atoms with E-state index in [1.165, 1.54) is 34.8 Å². The highest BCUT2D eigenvalue weighted by atomic mass is 32.1. The minimum atomic E-state index is 0.285. The molecule has 1 aliphatic carbocycles. The van der Waals surface area contributed by atoms with Crippen LogP contribution >= 0.6 is 11.3 Å². The van der Waals surface area contributed by atoms with Crippen LogP contribution in [-0.4, -0.2) is 18.6 Å². The van der Waals surface area contributed by atoms with Crippen molar-refractivity contribution < 1.29 is 4.74 Å². The third-order valence-electron chi connectivity index (χ3n) is 3.52. The summed E-state index contributed by atoms with van der Waals surface area (Å²) in [5, 5.41) is 4.61. The molecule has 1 N–H and O–H groups in total. The third-order valence-corrected chi connectivity index (χ3v) is 4.82. The molecule has 0 aromatic carbocycles. The Morgan fingerprint density at radius 2 is 2.31 bits per heavy atom. The monoisotopic (exact) mass is 238 g/mol. The molecule has 0 bridgehead atoms. The highest BCUT2D eigenvalue weighted by Crippen LogP contribution is 2.39. The van der Waals surface area contributed by atoms with Crippen molar-refractivity contribution in [2.45, 2.75) is 44.2 Å². The van der Waals surface area contributed by atoms with E-state index in [0.717, 1.165) is 19.4 Å². The molecule has 3 nitrogen and oxygen atoms in total. The van der Waals surface area contributed by atoms with Gasteiger partial charge < -0.3 is 10.1 Å². The Balaban J connectivity index is 1.89. The first kappa shape index (κ1) is 10.7. The number of hydrogen-bond acceptors (Lipinski definition) is 4. The molecule has 0 saturated carbocycles. The molecule has 0 amide bonds. The van der Waals surface area contributed by atoms with Crippen molar-refractivity contribution in [2.24, 2.45) is 0 Å². The van der Waals surface area contributed by atoms with Gasteiger partial charge in [-0.2, -0.15) is 0 Å². The maximum atomic E-state index is 5.71. The lowest BCUT2D eigenvalue weighted by molar-refractivity contribution is 0.111. The summed E-state index contributed by atoms with van der Waals surface area (Å²) in [5.74, 6) is 0. The Hall–Kier alpha value is -0.450. The van der Waals surface area contributed by atoms with Gasteiger partial charge in [-0.15, -0.1) is 11.3 Å². The predicted octanol–water partition coefficient (Wildman–Crippen LogP) is 2.59. The van der Waals surface area contributed by atoms with Gasteiger partial charge in [-0.05, 0) is 39.2 Å². The minimum absolute atomic E-state index is 0.285. The Labute approximate surface area is 100 Å². The first-order chi connectivity index (χ1) is 7.88. The van der Waals surface area contributed by atoms with Crippen LogP contribution in [0.3, 0.4) is 0 Å². The Morgan fingerprint density at radius 1 is 1.38 bits per heavy atom. The van der Waals surface area contributed by atoms with Gasteiger partial charge in [-0.25, -0.2) is 4.98 Å². The molecule has 2 atom stereocenters. The zero-order chi connectivity index (χ0) is 11.0. The molecular weight excluding hydrogens is 220 g/mol. The number of rotatable bonds is 2. The Kier molecular flexibility index (Phi) is 2.96. The van der Waals surface area contributed by atoms with E-state index in [1.54, 1.807) is 0 Å². The number of fused-ring (bicyclic) bond motifs is 1. The van der Waals surface area contributed by atoms with E-state index in [1.807, 2.05) is 18.4 Å². The zero-order valence-corrected chi connectivity index (χ0v) is 10.5. The van der Waals surface area contributed by atoms with Crippen molar-refractivity contribution in [3.63, 3.8) is 0 Å². The first-order valence-electron chi connectivity index (χ1n) is 6.17. The fraction of sp³-hybridized carbons (Fsp3) is 0.750. The highest BCUT2D eigenvalue weighted by molar-refractivity contribution is 7.11. The lowest BCUT2D eigenvalue weighted by Crippen LogP contribution is -2.19. The molecule has 2 unspecified atom stereocenters. The molecule has 1 aromatic heterocycles. The Bertz CT molecular complexity index is 371. The second-order valence-corrected chi connectivity index (χ2v) is 5.66. The van der Waals surface area contributed by atoms with Crippen molar-refractivity contribution in [3.8, 4) is 0 Å². The number of aryl methyl sites for hydroxylation is 1. The molecule has 1 aliphatic heterocycles. The van der Waals surface area contributed by atoms with Crippen molar-refractivity contribution in [1.29, 1.82) is 0 Å². The van der Waals surface area contributed by atoms with Gasteiger partial charge in [0.15, 0.2) is 0 Å². The molecule has 0 radical (unpaired) electrons. The number of ether oxygens (including phenoxy) is 1. The lowest BCUT2D eigenvalue weighted by atomic mass is 9.98. The fourth-order valence-corrected chi connectivity index (χ4v) is 3.97. The third kappa shape index (κ3) is 1.79. The number of hydrogen-bond donors (Lipinski definition) is 1. The van der Waals surface area contributed by atoms with Crippen LogP contribution in [0.25, 0.3) is 0 Å². The van der Waals surface area contributed by atoms with Gasteiger partial charge in [0.1, 0.15) is 11.1 Å². The molecule has 3 rings (SSSR count). The van der Waals surface area contributed by atoms with Crippen LogP contribution in [0.15, 0.2) is 0 Å². The van der Waals surface area contributed by atoms with E-state index in [9.17, 15) is 0 Å². The summed E-state index contributed by atoms with van der Waals surface area (Å²) in [6, 6.07) is 0.524. The number of thiazole rings is 1. The summed E-state index contributed by atoms with van der Waals surface area (Å²) in [5.41, 5.74) is 1.32. The van der Waals surface area contributed by atoms with Crippen LogP contribution in [0.4, 0.5) is 0 Å². The van der Waals surface area contributed by atoms with Crippen molar-refractivity contribution in [2.75, 3.05) is 13.7 Å². The van der Waals surface area contributed by atoms with E-state index < -0.39 is 0 Å². The normalized spacial score (nSPS) is 29.3. The van der Waals surface area contributed by atoms with E-state index >= 15 is 0 Å². The average molecular weight is 238 g/mol. The van der Waals surface area contributed by atoms with E-state index in [-0.39, 0.29) is 6.10 Å². The van der Waals surface area contributed by atoms with Crippen LogP contribution < -0.4 is 5.32 Å². The second kappa shape index (κ2) is 4.43. The van der Waals surface area contributed by atoms with Crippen LogP contribution in [0.5, 0.6) is 0 Å². The maximum absolute atomic E-state index is 5.71. The topological polar surface area (TPSA) is 34.2 Å². The van der Waals surface area contributed by atoms with Gasteiger partial charge in [-0.3, -0.25) is 0 Å². The average Bonchev–Trinajstić information content (AvgIpc) is 2.96. The molecular formula is C12H18N2OS. The molecule has 1 aromatic rings. The van der Waals surface area contributed by atoms with Gasteiger partial charge in [0.25, 0.3) is 0 Å². The van der Waals surface area contributed by atoms with Gasteiger partial charge in [-0.1, -0.05) is 0 Å². The summed E-state index contributed by atoms with van der Waals surface area (Å²) in [4.78, 5) is 6.24. The highest BCUT2D eigenvalue weighted by Gasteiger charge is 2.27. The number of nitrogens with zero attached hydrogens (tertiary/aromatic N) is 1. The van der Waals surface area contributed by atoms with Gasteiger partial charge in [0.05, 0.1) is 5.69 Å². The molecule has 16 heavy (non-hydrogen) atoms. The molecule has 2 heterocycles. The molecule has 1 fully saturated rings. The Morgan fingerprint density at radius 3 is 3.06 bits per heavy atom. The van der Waals surface area contributed by atoms with Crippen LogP contribution in [0.2, 0.25) is 0 Å². The number of aromatic nitrogens is 1. The summed E-state index contributed by atoms with van der Waals surface area (Å²) in [6.45, 7) is 0.907. The predicted molar refractivity (Wildman–Crippen MR) is 64.8 cm³/mol. The zero-order valence-electron chi connectivity index (χ0n) is 9.66. The second-order valence-electron chi connectivity index (χ2n) is 4.60. The van der Waals surface area contributed by atoms with Crippen molar-refractivity contribution in [3.05, 3.63) is 15.6 Å². The van der Waals surface area contributed by atoms with E-state index in [4.69, 9.17) is 9.72 Å². The lowest BCUT2D eigenvalue weighted by Gasteiger charge is -2.20. The van der Waals surface area contributed by atoms with Crippen LogP contribution in [-0.2, 0) is 11.2 Å². The standard InChI is InChI=1S/C12H18N2OS/c1-13-8-4-2-5-9-11(8)16-12(14-9)10-6-3-7-15-10/h8,10,13H,2-7H2,1H3. The summed E-state index contributed by atoms with van der Waals surface area (Å²) in [7, 11) is 2.05. The van der Waals surface area contributed by atoms with E-state index in [0.29, 0.717) is 6.04 Å². The SMILES string of the molecule is CNC1CCCc2nc(C3CCCO3)sc21. The largest absolute Gasteiger partial charge is 0.371 e. The summed E-state index contributed by atoms with van der Waals surface area (Å²) < 4.78 is 5.71. The number of nitrogens with one attached hydrogen (secondary N) is 1. The van der Waals surface area contributed by atoms with Gasteiger partial charge in [0, 0.05) is 17.5 Å². The molecule has 0 spiro atoms. The smallest absolute Gasteiger partial charge is 0.122 e. The summed E-state index contributed by atoms with van der Waals surface area (Å²) >= 11 is 1.87. The van der Waals surface area contributed by atoms with Gasteiger partial charge >= 0.3 is 0 Å². The maximum Gasteiger partial charge on any atom is 0.122 e. The quantitative estimate of drug-likeness (QED) is 0.860. The molecule has 88 valence electrons. The van der Waals surface area contributed by atoms with Crippen LogP contribution in [0.1, 0.15) is 53.4 Å². The van der Waals surface area contributed by atoms with E-state index in [2.05, 4.69) is 5.32 Å². The molecule has 2 aliphatic rings. The van der Waals surface area contributed by atoms with Crippen molar-refractivity contribution in [1.82, 2.24) is 10.3 Å².